The molecule has 1 aromatic carbocycles. The monoisotopic (exact) mass is 421 g/mol. The number of piperidine rings is 1. The van der Waals surface area contributed by atoms with Gasteiger partial charge in [0.1, 0.15) is 0 Å². The van der Waals surface area contributed by atoms with Crippen LogP contribution in [-0.2, 0) is 6.54 Å². The quantitative estimate of drug-likeness (QED) is 0.378. The number of benzene rings is 1. The maximum atomic E-state index is 6.35. The second-order valence-corrected chi connectivity index (χ2v) is 9.29. The zero-order valence-electron chi connectivity index (χ0n) is 16.5. The van der Waals surface area contributed by atoms with Crippen molar-refractivity contribution in [2.45, 2.75) is 19.4 Å². The molecule has 1 atom stereocenters. The molecule has 4 aromatic rings. The Bertz CT molecular complexity index is 1120. The largest absolute Gasteiger partial charge is 0.346 e. The highest BCUT2D eigenvalue weighted by molar-refractivity contribution is 7.08. The highest BCUT2D eigenvalue weighted by Gasteiger charge is 2.20. The lowest BCUT2D eigenvalue weighted by atomic mass is 9.98. The summed E-state index contributed by atoms with van der Waals surface area (Å²) in [6, 6.07) is 12.6. The Morgan fingerprint density at radius 2 is 2.10 bits per heavy atom. The fourth-order valence-corrected chi connectivity index (χ4v) is 5.30. The molecule has 0 saturated carbocycles. The normalized spacial score (nSPS) is 17.8. The van der Waals surface area contributed by atoms with E-state index in [1.54, 1.807) is 11.3 Å². The van der Waals surface area contributed by atoms with Gasteiger partial charge in [-0.2, -0.15) is 11.3 Å². The van der Waals surface area contributed by atoms with Gasteiger partial charge in [-0.05, 0) is 72.9 Å². The molecular weight excluding hydrogens is 398 g/mol. The highest BCUT2D eigenvalue weighted by Crippen LogP contribution is 2.33. The number of rotatable bonds is 4. The third-order valence-electron chi connectivity index (χ3n) is 5.92. The number of thiophene rings is 1. The van der Waals surface area contributed by atoms with E-state index in [-0.39, 0.29) is 0 Å². The lowest BCUT2D eigenvalue weighted by Crippen LogP contribution is -2.33. The van der Waals surface area contributed by atoms with Crippen LogP contribution >= 0.6 is 22.9 Å². The molecule has 0 bridgehead atoms. The Morgan fingerprint density at radius 1 is 1.17 bits per heavy atom. The summed E-state index contributed by atoms with van der Waals surface area (Å²) in [4.78, 5) is 7.24. The van der Waals surface area contributed by atoms with Crippen molar-refractivity contribution in [1.29, 1.82) is 0 Å². The third kappa shape index (κ3) is 3.85. The first-order chi connectivity index (χ1) is 14.2. The second kappa shape index (κ2) is 7.94. The van der Waals surface area contributed by atoms with Gasteiger partial charge in [0, 0.05) is 47.0 Å². The molecule has 1 fully saturated rings. The van der Waals surface area contributed by atoms with Gasteiger partial charge in [-0.15, -0.1) is 0 Å². The molecule has 0 aliphatic carbocycles. The molecule has 4 heterocycles. The number of hydrogen-bond acceptors (Lipinski definition) is 3. The summed E-state index contributed by atoms with van der Waals surface area (Å²) in [7, 11) is 2.22. The average Bonchev–Trinajstić information content (AvgIpc) is 3.37. The van der Waals surface area contributed by atoms with Crippen LogP contribution in [0.25, 0.3) is 33.3 Å². The minimum absolute atomic E-state index is 0.671. The van der Waals surface area contributed by atoms with Crippen LogP contribution in [0.3, 0.4) is 0 Å². The third-order valence-corrected chi connectivity index (χ3v) is 6.83. The van der Waals surface area contributed by atoms with Crippen LogP contribution in [0.15, 0.2) is 59.6 Å². The van der Waals surface area contributed by atoms with E-state index in [2.05, 4.69) is 63.8 Å². The van der Waals surface area contributed by atoms with Gasteiger partial charge >= 0.3 is 0 Å². The SMILES string of the molecule is CN1CCCC(Cn2cc(-c3ccc(-c4ccsc4)cn3)c3ccc(Cl)cc32)C1. The molecular formula is C24H24ClN3S. The van der Waals surface area contributed by atoms with E-state index in [9.17, 15) is 0 Å². The van der Waals surface area contributed by atoms with Gasteiger partial charge in [-0.3, -0.25) is 4.98 Å². The molecule has 1 aliphatic heterocycles. The first-order valence-corrected chi connectivity index (χ1v) is 11.5. The van der Waals surface area contributed by atoms with Crippen LogP contribution in [0.4, 0.5) is 0 Å². The molecule has 148 valence electrons. The lowest BCUT2D eigenvalue weighted by molar-refractivity contribution is 0.196. The van der Waals surface area contributed by atoms with Crippen molar-refractivity contribution in [3.8, 4) is 22.4 Å². The minimum Gasteiger partial charge on any atom is -0.346 e. The number of hydrogen-bond donors (Lipinski definition) is 0. The predicted octanol–water partition coefficient (Wildman–Crippen LogP) is 6.43. The van der Waals surface area contributed by atoms with Gasteiger partial charge in [-0.1, -0.05) is 23.7 Å². The molecule has 0 N–H and O–H groups in total. The molecule has 1 saturated heterocycles. The van der Waals surface area contributed by atoms with E-state index in [0.717, 1.165) is 29.4 Å². The fourth-order valence-electron chi connectivity index (χ4n) is 4.47. The van der Waals surface area contributed by atoms with E-state index in [1.807, 2.05) is 12.3 Å². The summed E-state index contributed by atoms with van der Waals surface area (Å²) >= 11 is 8.06. The topological polar surface area (TPSA) is 21.1 Å². The van der Waals surface area contributed by atoms with Crippen molar-refractivity contribution in [3.63, 3.8) is 0 Å². The Kier molecular flexibility index (Phi) is 5.17. The summed E-state index contributed by atoms with van der Waals surface area (Å²) in [6.45, 7) is 3.39. The van der Waals surface area contributed by atoms with Crippen molar-refractivity contribution in [3.05, 3.63) is 64.6 Å². The van der Waals surface area contributed by atoms with Gasteiger partial charge in [-0.25, -0.2) is 0 Å². The van der Waals surface area contributed by atoms with Crippen molar-refractivity contribution in [2.75, 3.05) is 20.1 Å². The molecule has 1 aliphatic rings. The van der Waals surface area contributed by atoms with Crippen molar-refractivity contribution in [1.82, 2.24) is 14.5 Å². The molecule has 0 amide bonds. The van der Waals surface area contributed by atoms with E-state index in [0.29, 0.717) is 5.92 Å². The summed E-state index contributed by atoms with van der Waals surface area (Å²) < 4.78 is 2.38. The van der Waals surface area contributed by atoms with Gasteiger partial charge < -0.3 is 9.47 Å². The van der Waals surface area contributed by atoms with Crippen molar-refractivity contribution < 1.29 is 0 Å². The summed E-state index contributed by atoms with van der Waals surface area (Å²) in [6.07, 6.45) is 6.81. The molecule has 3 nitrogen and oxygen atoms in total. The summed E-state index contributed by atoms with van der Waals surface area (Å²) in [5.74, 6) is 0.671. The van der Waals surface area contributed by atoms with E-state index >= 15 is 0 Å². The first kappa shape index (κ1) is 18.9. The van der Waals surface area contributed by atoms with Crippen LogP contribution in [0.2, 0.25) is 5.02 Å². The van der Waals surface area contributed by atoms with Crippen LogP contribution < -0.4 is 0 Å². The van der Waals surface area contributed by atoms with E-state index in [1.165, 1.54) is 41.4 Å². The van der Waals surface area contributed by atoms with Crippen molar-refractivity contribution in [2.24, 2.45) is 5.92 Å². The molecule has 0 radical (unpaired) electrons. The standard InChI is InChI=1S/C24H24ClN3S/c1-27-9-2-3-17(13-27)14-28-15-22(21-6-5-20(25)11-24(21)28)23-7-4-18(12-26-23)19-8-10-29-16-19/h4-8,10-12,15-17H,2-3,9,13-14H2,1H3. The molecule has 5 rings (SSSR count). The number of pyridine rings is 1. The van der Waals surface area contributed by atoms with Crippen molar-refractivity contribution >= 4 is 33.8 Å². The second-order valence-electron chi connectivity index (χ2n) is 8.07. The van der Waals surface area contributed by atoms with Gasteiger partial charge in [0.2, 0.25) is 0 Å². The Labute approximate surface area is 180 Å². The van der Waals surface area contributed by atoms with Crippen LogP contribution in [0.1, 0.15) is 12.8 Å². The molecule has 29 heavy (non-hydrogen) atoms. The highest BCUT2D eigenvalue weighted by atomic mass is 35.5. The Hall–Kier alpha value is -2.14. The zero-order valence-corrected chi connectivity index (χ0v) is 18.1. The fraction of sp³-hybridized carbons (Fsp3) is 0.292. The smallest absolute Gasteiger partial charge is 0.0723 e. The predicted molar refractivity (Wildman–Crippen MR) is 124 cm³/mol. The number of likely N-dealkylation sites (tertiary alicyclic amines) is 1. The van der Waals surface area contributed by atoms with E-state index < -0.39 is 0 Å². The maximum Gasteiger partial charge on any atom is 0.0723 e. The maximum absolute atomic E-state index is 6.35. The lowest BCUT2D eigenvalue weighted by Gasteiger charge is -2.30. The number of nitrogens with zero attached hydrogens (tertiary/aromatic N) is 3. The Balaban J connectivity index is 1.52. The summed E-state index contributed by atoms with van der Waals surface area (Å²) in [5, 5.41) is 6.26. The first-order valence-electron chi connectivity index (χ1n) is 10.1. The van der Waals surface area contributed by atoms with Crippen LogP contribution in [0, 0.1) is 5.92 Å². The average molecular weight is 422 g/mol. The number of halogens is 1. The number of fused-ring (bicyclic) bond motifs is 1. The van der Waals surface area contributed by atoms with Crippen LogP contribution in [-0.4, -0.2) is 34.6 Å². The van der Waals surface area contributed by atoms with Gasteiger partial charge in [0.05, 0.1) is 11.2 Å². The minimum atomic E-state index is 0.671. The number of aromatic nitrogens is 2. The molecule has 3 aromatic heterocycles. The van der Waals surface area contributed by atoms with E-state index in [4.69, 9.17) is 16.6 Å². The molecule has 5 heteroatoms. The van der Waals surface area contributed by atoms with Gasteiger partial charge in [0.15, 0.2) is 0 Å². The summed E-state index contributed by atoms with van der Waals surface area (Å²) in [5.41, 5.74) is 5.77. The zero-order chi connectivity index (χ0) is 19.8. The van der Waals surface area contributed by atoms with Gasteiger partial charge in [0.25, 0.3) is 0 Å². The Morgan fingerprint density at radius 3 is 2.86 bits per heavy atom. The van der Waals surface area contributed by atoms with Crippen LogP contribution in [0.5, 0.6) is 0 Å². The molecule has 0 spiro atoms. The molecule has 1 unspecified atom stereocenters.